The van der Waals surface area contributed by atoms with Crippen LogP contribution in [-0.4, -0.2) is 25.7 Å². The molecular weight excluding hydrogens is 166 g/mol. The molecule has 1 aliphatic carbocycles. The number of ether oxygens (including phenoxy) is 1. The van der Waals surface area contributed by atoms with Crippen LogP contribution in [0.3, 0.4) is 0 Å². The third-order valence-corrected chi connectivity index (χ3v) is 2.73. The van der Waals surface area contributed by atoms with Crippen LogP contribution in [-0.2, 0) is 9.53 Å². The van der Waals surface area contributed by atoms with Crippen LogP contribution in [0, 0.1) is 5.92 Å². The molecular formula is C10H19NO2. The lowest BCUT2D eigenvalue weighted by Gasteiger charge is -2.29. The van der Waals surface area contributed by atoms with Gasteiger partial charge in [0.15, 0.2) is 0 Å². The lowest BCUT2D eigenvalue weighted by molar-refractivity contribution is -0.150. The third kappa shape index (κ3) is 2.69. The van der Waals surface area contributed by atoms with Crippen molar-refractivity contribution in [3.63, 3.8) is 0 Å². The second-order valence-corrected chi connectivity index (χ2v) is 3.54. The Bertz CT molecular complexity index is 170. The molecule has 0 bridgehead atoms. The van der Waals surface area contributed by atoms with Crippen LogP contribution in [0.2, 0.25) is 0 Å². The van der Waals surface area contributed by atoms with Gasteiger partial charge in [-0.2, -0.15) is 0 Å². The highest BCUT2D eigenvalue weighted by Crippen LogP contribution is 2.25. The first-order chi connectivity index (χ1) is 6.29. The minimum absolute atomic E-state index is 0.0263. The SMILES string of the molecule is CCOC(=O)C1CCCCC1NC. The molecule has 1 rings (SSSR count). The van der Waals surface area contributed by atoms with Gasteiger partial charge in [-0.1, -0.05) is 12.8 Å². The quantitative estimate of drug-likeness (QED) is 0.674. The fraction of sp³-hybridized carbons (Fsp3) is 0.900. The van der Waals surface area contributed by atoms with Crippen LogP contribution < -0.4 is 5.32 Å². The summed E-state index contributed by atoms with van der Waals surface area (Å²) in [6.45, 7) is 2.35. The van der Waals surface area contributed by atoms with E-state index >= 15 is 0 Å². The van der Waals surface area contributed by atoms with E-state index in [-0.39, 0.29) is 11.9 Å². The summed E-state index contributed by atoms with van der Waals surface area (Å²) >= 11 is 0. The van der Waals surface area contributed by atoms with Crippen LogP contribution >= 0.6 is 0 Å². The fourth-order valence-electron chi connectivity index (χ4n) is 2.01. The van der Waals surface area contributed by atoms with Gasteiger partial charge in [0.2, 0.25) is 0 Å². The lowest BCUT2D eigenvalue weighted by atomic mass is 9.84. The fourth-order valence-corrected chi connectivity index (χ4v) is 2.01. The number of carbonyl (C=O) groups excluding carboxylic acids is 1. The zero-order valence-corrected chi connectivity index (χ0v) is 8.51. The summed E-state index contributed by atoms with van der Waals surface area (Å²) in [5.41, 5.74) is 0. The minimum Gasteiger partial charge on any atom is -0.466 e. The average Bonchev–Trinajstić information content (AvgIpc) is 2.18. The maximum absolute atomic E-state index is 11.5. The third-order valence-electron chi connectivity index (χ3n) is 2.73. The molecule has 0 aliphatic heterocycles. The Morgan fingerprint density at radius 3 is 2.77 bits per heavy atom. The van der Waals surface area contributed by atoms with Gasteiger partial charge in [-0.3, -0.25) is 4.79 Å². The monoisotopic (exact) mass is 185 g/mol. The molecule has 13 heavy (non-hydrogen) atoms. The van der Waals surface area contributed by atoms with Crippen molar-refractivity contribution in [2.45, 2.75) is 38.6 Å². The van der Waals surface area contributed by atoms with Crippen molar-refractivity contribution in [3.05, 3.63) is 0 Å². The zero-order chi connectivity index (χ0) is 9.68. The number of carbonyl (C=O) groups is 1. The van der Waals surface area contributed by atoms with Crippen molar-refractivity contribution < 1.29 is 9.53 Å². The average molecular weight is 185 g/mol. The van der Waals surface area contributed by atoms with E-state index in [1.54, 1.807) is 0 Å². The van der Waals surface area contributed by atoms with Gasteiger partial charge in [0.25, 0.3) is 0 Å². The number of nitrogens with one attached hydrogen (secondary N) is 1. The summed E-state index contributed by atoms with van der Waals surface area (Å²) in [7, 11) is 1.92. The number of esters is 1. The highest BCUT2D eigenvalue weighted by atomic mass is 16.5. The first-order valence-corrected chi connectivity index (χ1v) is 5.13. The van der Waals surface area contributed by atoms with E-state index in [2.05, 4.69) is 5.32 Å². The molecule has 1 aliphatic rings. The van der Waals surface area contributed by atoms with E-state index in [9.17, 15) is 4.79 Å². The van der Waals surface area contributed by atoms with Gasteiger partial charge in [0.05, 0.1) is 12.5 Å². The van der Waals surface area contributed by atoms with Gasteiger partial charge in [0.1, 0.15) is 0 Å². The van der Waals surface area contributed by atoms with Crippen LogP contribution in [0.15, 0.2) is 0 Å². The number of rotatable bonds is 3. The smallest absolute Gasteiger partial charge is 0.310 e. The Morgan fingerprint density at radius 2 is 2.15 bits per heavy atom. The Kier molecular flexibility index (Phi) is 4.22. The second-order valence-electron chi connectivity index (χ2n) is 3.54. The van der Waals surface area contributed by atoms with Crippen LogP contribution in [0.5, 0.6) is 0 Å². The minimum atomic E-state index is -0.0263. The van der Waals surface area contributed by atoms with Crippen LogP contribution in [0.4, 0.5) is 0 Å². The summed E-state index contributed by atoms with van der Waals surface area (Å²) in [6.07, 6.45) is 4.45. The van der Waals surface area contributed by atoms with Gasteiger partial charge >= 0.3 is 5.97 Å². The molecule has 1 fully saturated rings. The Balaban J connectivity index is 2.48. The van der Waals surface area contributed by atoms with E-state index in [4.69, 9.17) is 4.74 Å². The van der Waals surface area contributed by atoms with Crippen molar-refractivity contribution in [1.29, 1.82) is 0 Å². The van der Waals surface area contributed by atoms with E-state index in [0.29, 0.717) is 12.6 Å². The predicted octanol–water partition coefficient (Wildman–Crippen LogP) is 1.33. The highest BCUT2D eigenvalue weighted by Gasteiger charge is 2.30. The van der Waals surface area contributed by atoms with Crippen molar-refractivity contribution in [2.75, 3.05) is 13.7 Å². The Morgan fingerprint density at radius 1 is 1.46 bits per heavy atom. The summed E-state index contributed by atoms with van der Waals surface area (Å²) in [5, 5.41) is 3.19. The van der Waals surface area contributed by atoms with Crippen LogP contribution in [0.25, 0.3) is 0 Å². The van der Waals surface area contributed by atoms with Gasteiger partial charge < -0.3 is 10.1 Å². The standard InChI is InChI=1S/C10H19NO2/c1-3-13-10(12)8-6-4-5-7-9(8)11-2/h8-9,11H,3-7H2,1-2H3. The molecule has 0 aromatic heterocycles. The van der Waals surface area contributed by atoms with Gasteiger partial charge in [0, 0.05) is 6.04 Å². The zero-order valence-electron chi connectivity index (χ0n) is 8.51. The Labute approximate surface area is 79.8 Å². The topological polar surface area (TPSA) is 38.3 Å². The highest BCUT2D eigenvalue weighted by molar-refractivity contribution is 5.73. The number of hydrogen-bond donors (Lipinski definition) is 1. The number of hydrogen-bond acceptors (Lipinski definition) is 3. The first-order valence-electron chi connectivity index (χ1n) is 5.13. The molecule has 76 valence electrons. The second kappa shape index (κ2) is 5.22. The summed E-state index contributed by atoms with van der Waals surface area (Å²) in [4.78, 5) is 11.5. The molecule has 3 nitrogen and oxygen atoms in total. The molecule has 3 heteroatoms. The van der Waals surface area contributed by atoms with Crippen LogP contribution in [0.1, 0.15) is 32.6 Å². The normalized spacial score (nSPS) is 28.5. The molecule has 1 N–H and O–H groups in total. The summed E-state index contributed by atoms with van der Waals surface area (Å²) in [6, 6.07) is 0.327. The molecule has 0 saturated heterocycles. The molecule has 0 heterocycles. The van der Waals surface area contributed by atoms with E-state index < -0.39 is 0 Å². The molecule has 0 aromatic rings. The lowest BCUT2D eigenvalue weighted by Crippen LogP contribution is -2.41. The maximum atomic E-state index is 11.5. The van der Waals surface area contributed by atoms with Gasteiger partial charge in [-0.15, -0.1) is 0 Å². The molecule has 0 radical (unpaired) electrons. The summed E-state index contributed by atoms with van der Waals surface area (Å²) < 4.78 is 5.03. The predicted molar refractivity (Wildman–Crippen MR) is 51.4 cm³/mol. The van der Waals surface area contributed by atoms with E-state index in [1.807, 2.05) is 14.0 Å². The van der Waals surface area contributed by atoms with E-state index in [0.717, 1.165) is 19.3 Å². The maximum Gasteiger partial charge on any atom is 0.310 e. The van der Waals surface area contributed by atoms with Crippen molar-refractivity contribution in [3.8, 4) is 0 Å². The molecule has 0 aromatic carbocycles. The molecule has 2 unspecified atom stereocenters. The van der Waals surface area contributed by atoms with E-state index in [1.165, 1.54) is 6.42 Å². The van der Waals surface area contributed by atoms with Gasteiger partial charge in [-0.25, -0.2) is 0 Å². The first kappa shape index (κ1) is 10.5. The Hall–Kier alpha value is -0.570. The summed E-state index contributed by atoms with van der Waals surface area (Å²) in [5.74, 6) is 0.0558. The largest absolute Gasteiger partial charge is 0.466 e. The van der Waals surface area contributed by atoms with Crippen molar-refractivity contribution in [2.24, 2.45) is 5.92 Å². The molecule has 0 amide bonds. The molecule has 1 saturated carbocycles. The molecule has 0 spiro atoms. The van der Waals surface area contributed by atoms with Crippen molar-refractivity contribution in [1.82, 2.24) is 5.32 Å². The molecule has 2 atom stereocenters. The van der Waals surface area contributed by atoms with Gasteiger partial charge in [-0.05, 0) is 26.8 Å². The van der Waals surface area contributed by atoms with Crippen molar-refractivity contribution >= 4 is 5.97 Å².